The van der Waals surface area contributed by atoms with Gasteiger partial charge in [-0.15, -0.1) is 0 Å². The number of hydrogen-bond donors (Lipinski definition) is 1. The Hall–Kier alpha value is -1.85. The lowest BCUT2D eigenvalue weighted by molar-refractivity contribution is -0.121. The zero-order chi connectivity index (χ0) is 14.5. The van der Waals surface area contributed by atoms with Gasteiger partial charge in [0.25, 0.3) is 0 Å². The number of ether oxygens (including phenoxy) is 1. The highest BCUT2D eigenvalue weighted by molar-refractivity contribution is 5.81. The fourth-order valence-electron chi connectivity index (χ4n) is 1.52. The van der Waals surface area contributed by atoms with Crippen molar-refractivity contribution in [3.05, 3.63) is 12.4 Å². The van der Waals surface area contributed by atoms with Crippen molar-refractivity contribution in [3.8, 4) is 5.88 Å². The molecule has 0 bridgehead atoms. The van der Waals surface area contributed by atoms with E-state index in [1.807, 2.05) is 27.7 Å². The average Bonchev–Trinajstić information content (AvgIpc) is 2.27. The lowest BCUT2D eigenvalue weighted by atomic mass is 10.1. The lowest BCUT2D eigenvalue weighted by Gasteiger charge is -2.23. The van der Waals surface area contributed by atoms with Crippen LogP contribution in [0.1, 0.15) is 27.7 Å². The van der Waals surface area contributed by atoms with Crippen LogP contribution in [0.4, 0.5) is 5.82 Å². The van der Waals surface area contributed by atoms with E-state index in [1.54, 1.807) is 18.0 Å². The van der Waals surface area contributed by atoms with Crippen LogP contribution in [-0.2, 0) is 4.79 Å². The van der Waals surface area contributed by atoms with Crippen molar-refractivity contribution in [1.29, 1.82) is 0 Å². The Labute approximate surface area is 114 Å². The molecule has 1 rings (SSSR count). The molecule has 1 N–H and O–H groups in total. The molecule has 19 heavy (non-hydrogen) atoms. The van der Waals surface area contributed by atoms with Gasteiger partial charge in [0, 0.05) is 18.7 Å². The Kier molecular flexibility index (Phi) is 5.09. The second kappa shape index (κ2) is 6.36. The summed E-state index contributed by atoms with van der Waals surface area (Å²) >= 11 is 0. The van der Waals surface area contributed by atoms with Crippen molar-refractivity contribution in [3.63, 3.8) is 0 Å². The van der Waals surface area contributed by atoms with Gasteiger partial charge in [0.2, 0.25) is 11.8 Å². The van der Waals surface area contributed by atoms with Crippen molar-refractivity contribution in [1.82, 2.24) is 15.3 Å². The van der Waals surface area contributed by atoms with E-state index in [1.165, 1.54) is 6.33 Å². The topological polar surface area (TPSA) is 67.3 Å². The predicted molar refractivity (Wildman–Crippen MR) is 74.4 cm³/mol. The highest BCUT2D eigenvalue weighted by atomic mass is 16.5. The summed E-state index contributed by atoms with van der Waals surface area (Å²) in [6.45, 7) is 8.52. The molecule has 0 saturated carbocycles. The first kappa shape index (κ1) is 15.2. The molecule has 0 radical (unpaired) electrons. The first-order valence-corrected chi connectivity index (χ1v) is 6.29. The molecule has 0 aliphatic heterocycles. The summed E-state index contributed by atoms with van der Waals surface area (Å²) in [5, 5.41) is 2.90. The number of amides is 1. The summed E-state index contributed by atoms with van der Waals surface area (Å²) in [5.74, 6) is 1.12. The van der Waals surface area contributed by atoms with E-state index in [2.05, 4.69) is 15.3 Å². The Balaban J connectivity index is 2.64. The second-order valence-corrected chi connectivity index (χ2v) is 5.30. The number of anilines is 1. The van der Waals surface area contributed by atoms with Crippen LogP contribution in [0.5, 0.6) is 5.88 Å². The van der Waals surface area contributed by atoms with Crippen molar-refractivity contribution in [2.24, 2.45) is 0 Å². The molecule has 0 aromatic carbocycles. The number of carbonyl (C=O) groups is 1. The largest absolute Gasteiger partial charge is 0.478 e. The van der Waals surface area contributed by atoms with Crippen molar-refractivity contribution in [2.45, 2.75) is 33.2 Å². The molecule has 6 heteroatoms. The van der Waals surface area contributed by atoms with E-state index >= 15 is 0 Å². The number of nitrogens with one attached hydrogen (secondary N) is 1. The monoisotopic (exact) mass is 266 g/mol. The van der Waals surface area contributed by atoms with Crippen molar-refractivity contribution < 1.29 is 9.53 Å². The van der Waals surface area contributed by atoms with E-state index in [9.17, 15) is 4.79 Å². The number of nitrogens with zero attached hydrogens (tertiary/aromatic N) is 3. The van der Waals surface area contributed by atoms with Crippen LogP contribution in [0.3, 0.4) is 0 Å². The molecule has 6 nitrogen and oxygen atoms in total. The van der Waals surface area contributed by atoms with Gasteiger partial charge in [-0.05, 0) is 27.7 Å². The summed E-state index contributed by atoms with van der Waals surface area (Å²) in [4.78, 5) is 21.7. The lowest BCUT2D eigenvalue weighted by Crippen LogP contribution is -2.45. The summed E-state index contributed by atoms with van der Waals surface area (Å²) < 4.78 is 5.30. The summed E-state index contributed by atoms with van der Waals surface area (Å²) in [6, 6.07) is 1.72. The molecule has 0 saturated heterocycles. The van der Waals surface area contributed by atoms with Gasteiger partial charge in [-0.25, -0.2) is 9.97 Å². The van der Waals surface area contributed by atoms with E-state index in [4.69, 9.17) is 4.74 Å². The molecule has 0 atom stereocenters. The van der Waals surface area contributed by atoms with Gasteiger partial charge in [0.15, 0.2) is 0 Å². The number of carbonyl (C=O) groups excluding carboxylic acids is 1. The minimum atomic E-state index is -0.236. The average molecular weight is 266 g/mol. The van der Waals surface area contributed by atoms with Gasteiger partial charge in [0.05, 0.1) is 13.2 Å². The summed E-state index contributed by atoms with van der Waals surface area (Å²) in [5.41, 5.74) is -0.236. The van der Waals surface area contributed by atoms with Crippen LogP contribution < -0.4 is 15.0 Å². The Morgan fingerprint density at radius 2 is 2.11 bits per heavy atom. The van der Waals surface area contributed by atoms with Crippen LogP contribution in [-0.4, -0.2) is 41.6 Å². The van der Waals surface area contributed by atoms with Crippen LogP contribution in [0.25, 0.3) is 0 Å². The Bertz CT molecular complexity index is 429. The van der Waals surface area contributed by atoms with Gasteiger partial charge in [0.1, 0.15) is 12.1 Å². The number of likely N-dealkylation sites (N-methyl/N-ethyl adjacent to an activating group) is 1. The SMILES string of the molecule is CCOc1cc(N(C)CC(=O)NC(C)(C)C)ncn1. The van der Waals surface area contributed by atoms with Crippen LogP contribution in [0.2, 0.25) is 0 Å². The van der Waals surface area contributed by atoms with Crippen LogP contribution in [0, 0.1) is 0 Å². The maximum Gasteiger partial charge on any atom is 0.239 e. The Morgan fingerprint density at radius 3 is 2.68 bits per heavy atom. The zero-order valence-electron chi connectivity index (χ0n) is 12.2. The fourth-order valence-corrected chi connectivity index (χ4v) is 1.52. The van der Waals surface area contributed by atoms with Crippen molar-refractivity contribution in [2.75, 3.05) is 25.1 Å². The van der Waals surface area contributed by atoms with Gasteiger partial charge in [-0.2, -0.15) is 0 Å². The fraction of sp³-hybridized carbons (Fsp3) is 0.615. The van der Waals surface area contributed by atoms with E-state index in [-0.39, 0.29) is 18.0 Å². The van der Waals surface area contributed by atoms with Gasteiger partial charge in [-0.3, -0.25) is 4.79 Å². The van der Waals surface area contributed by atoms with Gasteiger partial charge < -0.3 is 15.0 Å². The molecule has 106 valence electrons. The molecule has 0 aliphatic rings. The molecule has 1 aromatic rings. The third-order valence-electron chi connectivity index (χ3n) is 2.21. The quantitative estimate of drug-likeness (QED) is 0.868. The second-order valence-electron chi connectivity index (χ2n) is 5.30. The third-order valence-corrected chi connectivity index (χ3v) is 2.21. The van der Waals surface area contributed by atoms with E-state index < -0.39 is 0 Å². The van der Waals surface area contributed by atoms with Crippen molar-refractivity contribution >= 4 is 11.7 Å². The van der Waals surface area contributed by atoms with Crippen LogP contribution >= 0.6 is 0 Å². The molecule has 0 fully saturated rings. The first-order chi connectivity index (χ1) is 8.81. The van der Waals surface area contributed by atoms with Crippen LogP contribution in [0.15, 0.2) is 12.4 Å². The van der Waals surface area contributed by atoms with E-state index in [0.29, 0.717) is 18.3 Å². The normalized spacial score (nSPS) is 11.0. The maximum absolute atomic E-state index is 11.8. The number of hydrogen-bond acceptors (Lipinski definition) is 5. The summed E-state index contributed by atoms with van der Waals surface area (Å²) in [6.07, 6.45) is 1.43. The standard InChI is InChI=1S/C13H22N4O2/c1-6-19-12-7-10(14-9-15-12)17(5)8-11(18)16-13(2,3)4/h7,9H,6,8H2,1-5H3,(H,16,18). The highest BCUT2D eigenvalue weighted by Crippen LogP contribution is 2.14. The number of aromatic nitrogens is 2. The highest BCUT2D eigenvalue weighted by Gasteiger charge is 2.16. The zero-order valence-corrected chi connectivity index (χ0v) is 12.2. The molecule has 1 aromatic heterocycles. The maximum atomic E-state index is 11.8. The summed E-state index contributed by atoms with van der Waals surface area (Å²) in [7, 11) is 1.81. The predicted octanol–water partition coefficient (Wildman–Crippen LogP) is 1.23. The molecule has 1 heterocycles. The molecule has 0 aliphatic carbocycles. The van der Waals surface area contributed by atoms with Gasteiger partial charge >= 0.3 is 0 Å². The smallest absolute Gasteiger partial charge is 0.239 e. The molecule has 0 spiro atoms. The number of rotatable bonds is 5. The Morgan fingerprint density at radius 1 is 1.42 bits per heavy atom. The first-order valence-electron chi connectivity index (χ1n) is 6.29. The van der Waals surface area contributed by atoms with E-state index in [0.717, 1.165) is 0 Å². The van der Waals surface area contributed by atoms with Gasteiger partial charge in [-0.1, -0.05) is 0 Å². The third kappa shape index (κ3) is 5.54. The minimum Gasteiger partial charge on any atom is -0.478 e. The molecular weight excluding hydrogens is 244 g/mol. The minimum absolute atomic E-state index is 0.0495. The molecule has 1 amide bonds. The molecular formula is C13H22N4O2. The molecule has 0 unspecified atom stereocenters.